The number of esters is 1. The Morgan fingerprint density at radius 3 is 1.35 bits per heavy atom. The molecular formula is C21H19I2O2P. The van der Waals surface area contributed by atoms with Crippen LogP contribution in [0.2, 0.25) is 0 Å². The zero-order valence-electron chi connectivity index (χ0n) is 14.3. The fourth-order valence-corrected chi connectivity index (χ4v) is 14.5. The van der Waals surface area contributed by atoms with Gasteiger partial charge in [0.25, 0.3) is 0 Å². The number of ether oxygens (including phenoxy) is 1. The molecule has 0 amide bonds. The van der Waals surface area contributed by atoms with Crippen molar-refractivity contribution in [1.82, 2.24) is 0 Å². The summed E-state index contributed by atoms with van der Waals surface area (Å²) < 4.78 is 1.73. The predicted octanol–water partition coefficient (Wildman–Crippen LogP) is 4.80. The van der Waals surface area contributed by atoms with Gasteiger partial charge in [0.05, 0.1) is 0 Å². The summed E-state index contributed by atoms with van der Waals surface area (Å²) in [5, 5.41) is 3.50. The Kier molecular flexibility index (Phi) is 6.04. The van der Waals surface area contributed by atoms with Crippen LogP contribution in [0.15, 0.2) is 91.0 Å². The molecule has 1 atom stereocenters. The van der Waals surface area contributed by atoms with E-state index in [0.29, 0.717) is 0 Å². The number of carbonyl (C=O) groups excluding carboxylic acids is 1. The molecule has 0 heterocycles. The van der Waals surface area contributed by atoms with Crippen LogP contribution >= 0.6 is 48.9 Å². The van der Waals surface area contributed by atoms with E-state index in [2.05, 4.69) is 81.0 Å². The van der Waals surface area contributed by atoms with Crippen molar-refractivity contribution in [2.24, 2.45) is 0 Å². The maximum atomic E-state index is 12.9. The van der Waals surface area contributed by atoms with Gasteiger partial charge in [-0.15, -0.1) is 0 Å². The van der Waals surface area contributed by atoms with E-state index in [-0.39, 0.29) is 9.64 Å². The molecule has 3 aromatic carbocycles. The Labute approximate surface area is 180 Å². The molecule has 0 saturated carbocycles. The third-order valence-corrected chi connectivity index (χ3v) is 23.3. The monoisotopic (exact) mass is 588 g/mol. The van der Waals surface area contributed by atoms with Crippen molar-refractivity contribution in [2.45, 2.75) is 3.67 Å². The molecule has 2 nitrogen and oxygen atoms in total. The van der Waals surface area contributed by atoms with Crippen LogP contribution in [0.4, 0.5) is 0 Å². The first-order chi connectivity index (χ1) is 12.5. The molecule has 1 unspecified atom stereocenters. The number of rotatable bonds is 5. The zero-order valence-corrected chi connectivity index (χ0v) is 19.5. The molecule has 3 rings (SSSR count). The molecule has 0 aliphatic heterocycles. The Morgan fingerprint density at radius 2 is 1.08 bits per heavy atom. The van der Waals surface area contributed by atoms with Gasteiger partial charge in [-0.3, -0.25) is 0 Å². The number of benzene rings is 3. The number of alkyl halides is 1. The topological polar surface area (TPSA) is 26.3 Å². The standard InChI is InChI=1S/C21H19I2O2P/c1-25-21(24)20(22)26(23,17-11-5-2-6-12-17,18-13-7-3-8-14-18)19-15-9-4-10-16-19/h2-16,20H,1H3. The first-order valence-electron chi connectivity index (χ1n) is 8.15. The van der Waals surface area contributed by atoms with Crippen molar-refractivity contribution < 1.29 is 9.53 Å². The second-order valence-corrected chi connectivity index (χ2v) is 18.4. The molecule has 0 bridgehead atoms. The van der Waals surface area contributed by atoms with Gasteiger partial charge in [-0.1, -0.05) is 0 Å². The van der Waals surface area contributed by atoms with Gasteiger partial charge in [-0.05, 0) is 0 Å². The molecule has 3 aromatic rings. The van der Waals surface area contributed by atoms with Crippen LogP contribution < -0.4 is 15.9 Å². The molecule has 0 N–H and O–H groups in total. The number of carbonyl (C=O) groups is 1. The van der Waals surface area contributed by atoms with Gasteiger partial charge in [0.15, 0.2) is 0 Å². The van der Waals surface area contributed by atoms with Crippen molar-refractivity contribution in [2.75, 3.05) is 7.11 Å². The van der Waals surface area contributed by atoms with Crippen LogP contribution in [-0.2, 0) is 9.53 Å². The number of methoxy groups -OCH3 is 1. The SMILES string of the molecule is COC(=O)C(I)P(I)(c1ccccc1)(c1ccccc1)c1ccccc1. The molecule has 0 aliphatic carbocycles. The zero-order chi connectivity index (χ0) is 18.6. The van der Waals surface area contributed by atoms with E-state index in [9.17, 15) is 4.79 Å². The molecule has 5 heteroatoms. The summed E-state index contributed by atoms with van der Waals surface area (Å²) >= 11 is 4.88. The Morgan fingerprint density at radius 1 is 0.769 bits per heavy atom. The quantitative estimate of drug-likeness (QED) is 0.186. The number of hydrogen-bond donors (Lipinski definition) is 0. The van der Waals surface area contributed by atoms with E-state index < -0.39 is 4.25 Å². The number of halogens is 2. The van der Waals surface area contributed by atoms with E-state index in [1.54, 1.807) is 0 Å². The first-order valence-corrected chi connectivity index (χ1v) is 14.5. The van der Waals surface area contributed by atoms with Gasteiger partial charge < -0.3 is 0 Å². The van der Waals surface area contributed by atoms with E-state index in [0.717, 1.165) is 0 Å². The third-order valence-electron chi connectivity index (χ3n) is 4.60. The van der Waals surface area contributed by atoms with E-state index in [1.807, 2.05) is 54.6 Å². The van der Waals surface area contributed by atoms with Crippen molar-refractivity contribution >= 4 is 70.8 Å². The van der Waals surface area contributed by atoms with E-state index in [4.69, 9.17) is 4.74 Å². The molecule has 0 aromatic heterocycles. The summed E-state index contributed by atoms with van der Waals surface area (Å²) in [7, 11) is 1.47. The fourth-order valence-electron chi connectivity index (χ4n) is 3.29. The second-order valence-electron chi connectivity index (χ2n) is 5.94. The summed E-state index contributed by atoms with van der Waals surface area (Å²) in [5.41, 5.74) is 0. The van der Waals surface area contributed by atoms with Crippen LogP contribution in [0, 0.1) is 0 Å². The Hall–Kier alpha value is -0.980. The normalized spacial score (nSPS) is 14.0. The van der Waals surface area contributed by atoms with Gasteiger partial charge in [-0.2, -0.15) is 0 Å². The summed E-state index contributed by atoms with van der Waals surface area (Å²) in [4.78, 5) is 12.9. The van der Waals surface area contributed by atoms with E-state index >= 15 is 0 Å². The molecule has 0 saturated heterocycles. The van der Waals surface area contributed by atoms with Crippen molar-refractivity contribution in [1.29, 1.82) is 0 Å². The summed E-state index contributed by atoms with van der Waals surface area (Å²) in [6.07, 6.45) is 0. The third kappa shape index (κ3) is 3.00. The Balaban J connectivity index is 2.50. The Bertz CT molecular complexity index is 786. The van der Waals surface area contributed by atoms with Gasteiger partial charge in [-0.25, -0.2) is 0 Å². The van der Waals surface area contributed by atoms with E-state index in [1.165, 1.54) is 23.0 Å². The molecule has 134 valence electrons. The van der Waals surface area contributed by atoms with Crippen LogP contribution in [-0.4, -0.2) is 16.7 Å². The second kappa shape index (κ2) is 7.95. The van der Waals surface area contributed by atoms with Crippen LogP contribution in [0.5, 0.6) is 0 Å². The summed E-state index contributed by atoms with van der Waals surface area (Å²) in [6, 6.07) is 31.1. The van der Waals surface area contributed by atoms with Crippen molar-refractivity contribution in [3.05, 3.63) is 91.0 Å². The molecule has 0 spiro atoms. The minimum absolute atomic E-state index is 0.200. The average Bonchev–Trinajstić information content (AvgIpc) is 2.74. The molecule has 0 fully saturated rings. The number of hydrogen-bond acceptors (Lipinski definition) is 2. The maximum absolute atomic E-state index is 12.9. The van der Waals surface area contributed by atoms with Crippen molar-refractivity contribution in [3.8, 4) is 0 Å². The van der Waals surface area contributed by atoms with Gasteiger partial charge in [0.1, 0.15) is 0 Å². The predicted molar refractivity (Wildman–Crippen MR) is 129 cm³/mol. The molecule has 0 aliphatic rings. The van der Waals surface area contributed by atoms with Crippen LogP contribution in [0.1, 0.15) is 0 Å². The van der Waals surface area contributed by atoms with Gasteiger partial charge in [0.2, 0.25) is 0 Å². The first kappa shape index (κ1) is 19.8. The summed E-state index contributed by atoms with van der Waals surface area (Å²) in [5.74, 6) is -0.200. The van der Waals surface area contributed by atoms with Gasteiger partial charge in [0, 0.05) is 0 Å². The molecular weight excluding hydrogens is 569 g/mol. The summed E-state index contributed by atoms with van der Waals surface area (Å²) in [6.45, 7) is 0. The average molecular weight is 588 g/mol. The molecule has 26 heavy (non-hydrogen) atoms. The van der Waals surface area contributed by atoms with Crippen molar-refractivity contribution in [3.63, 3.8) is 0 Å². The fraction of sp³-hybridized carbons (Fsp3) is 0.0952. The minimum atomic E-state index is -3.15. The van der Waals surface area contributed by atoms with Crippen LogP contribution in [0.3, 0.4) is 0 Å². The molecule has 0 radical (unpaired) electrons. The van der Waals surface area contributed by atoms with Crippen LogP contribution in [0.25, 0.3) is 0 Å². The van der Waals surface area contributed by atoms with Gasteiger partial charge >= 0.3 is 182 Å².